The first-order chi connectivity index (χ1) is 31.2. The normalized spacial score (nSPS) is 16.2. The van der Waals surface area contributed by atoms with Crippen molar-refractivity contribution in [2.75, 3.05) is 6.79 Å². The van der Waals surface area contributed by atoms with E-state index < -0.39 is 0 Å². The fourth-order valence-electron chi connectivity index (χ4n) is 10.8. The molecule has 310 valence electrons. The lowest BCUT2D eigenvalue weighted by molar-refractivity contribution is 0.125. The van der Waals surface area contributed by atoms with Crippen LogP contribution in [0.5, 0.6) is 11.5 Å². The third kappa shape index (κ3) is 8.12. The molecule has 11 rings (SSSR count). The van der Waals surface area contributed by atoms with Gasteiger partial charge < -0.3 is 9.47 Å². The minimum atomic E-state index is 0.183. The van der Waals surface area contributed by atoms with Gasteiger partial charge in [0, 0.05) is 11.1 Å². The fourth-order valence-corrected chi connectivity index (χ4v) is 10.8. The molecule has 2 fully saturated rings. The number of fused-ring (bicyclic) bond motifs is 7. The summed E-state index contributed by atoms with van der Waals surface area (Å²) in [4.78, 5) is 0. The first-order valence-corrected chi connectivity index (χ1v) is 23.4. The zero-order valence-corrected chi connectivity index (χ0v) is 36.1. The zero-order chi connectivity index (χ0) is 42.0. The molecule has 3 aliphatic rings. The van der Waals surface area contributed by atoms with Crippen LogP contribution in [0.25, 0.3) is 78.2 Å². The molecule has 63 heavy (non-hydrogen) atoms. The molecule has 0 unspecified atom stereocenters. The summed E-state index contributed by atoms with van der Waals surface area (Å²) in [6.45, 7) is 0.183. The smallest absolute Gasteiger partial charge is 0.230 e. The third-order valence-electron chi connectivity index (χ3n) is 14.1. The van der Waals surface area contributed by atoms with E-state index in [1.807, 2.05) is 0 Å². The van der Waals surface area contributed by atoms with Gasteiger partial charge in [0.25, 0.3) is 0 Å². The van der Waals surface area contributed by atoms with Gasteiger partial charge in [0.1, 0.15) is 11.5 Å². The van der Waals surface area contributed by atoms with Crippen molar-refractivity contribution in [1.82, 2.24) is 0 Å². The maximum Gasteiger partial charge on any atom is 0.230 e. The molecule has 2 heteroatoms. The van der Waals surface area contributed by atoms with Gasteiger partial charge in [0.05, 0.1) is 0 Å². The second kappa shape index (κ2) is 17.6. The molecule has 2 nitrogen and oxygen atoms in total. The highest BCUT2D eigenvalue weighted by molar-refractivity contribution is 6.11. The van der Waals surface area contributed by atoms with Crippen LogP contribution in [-0.2, 0) is 0 Å². The lowest BCUT2D eigenvalue weighted by Gasteiger charge is -2.26. The summed E-state index contributed by atoms with van der Waals surface area (Å²) >= 11 is 0. The maximum absolute atomic E-state index is 6.38. The lowest BCUT2D eigenvalue weighted by atomic mass is 9.79. The van der Waals surface area contributed by atoms with Crippen LogP contribution < -0.4 is 9.47 Å². The van der Waals surface area contributed by atoms with Crippen LogP contribution in [0.4, 0.5) is 0 Å². The average molecular weight is 819 g/mol. The van der Waals surface area contributed by atoms with Crippen molar-refractivity contribution < 1.29 is 9.47 Å². The molecule has 2 saturated carbocycles. The Morgan fingerprint density at radius 3 is 1.19 bits per heavy atom. The van der Waals surface area contributed by atoms with E-state index >= 15 is 0 Å². The van der Waals surface area contributed by atoms with E-state index in [4.69, 9.17) is 9.47 Å². The molecular weight excluding hydrogens is 765 g/mol. The number of hydrogen-bond donors (Lipinski definition) is 0. The highest BCUT2D eigenvalue weighted by Crippen LogP contribution is 2.49. The zero-order valence-electron chi connectivity index (χ0n) is 36.1. The molecule has 0 saturated heterocycles. The molecular formula is C61H54O2. The predicted molar refractivity (Wildman–Crippen MR) is 266 cm³/mol. The Morgan fingerprint density at radius 2 is 0.778 bits per heavy atom. The number of hydrogen-bond acceptors (Lipinski definition) is 2. The van der Waals surface area contributed by atoms with Crippen LogP contribution in [0.15, 0.2) is 170 Å². The Kier molecular flexibility index (Phi) is 11.0. The van der Waals surface area contributed by atoms with E-state index in [0.717, 1.165) is 22.6 Å². The van der Waals surface area contributed by atoms with Crippen molar-refractivity contribution in [2.24, 2.45) is 11.8 Å². The molecule has 0 aromatic heterocycles. The maximum atomic E-state index is 6.38. The molecule has 8 aromatic carbocycles. The molecule has 8 aromatic rings. The fraction of sp³-hybridized carbons (Fsp3) is 0.213. The minimum Gasteiger partial charge on any atom is -0.457 e. The number of benzene rings is 8. The third-order valence-corrected chi connectivity index (χ3v) is 14.1. The lowest BCUT2D eigenvalue weighted by Crippen LogP contribution is -2.08. The van der Waals surface area contributed by atoms with Crippen molar-refractivity contribution in [3.05, 3.63) is 192 Å². The molecule has 2 aliphatic carbocycles. The Balaban J connectivity index is 0.979. The second-order valence-corrected chi connectivity index (χ2v) is 18.0. The van der Waals surface area contributed by atoms with Gasteiger partial charge in [-0.05, 0) is 139 Å². The Morgan fingerprint density at radius 1 is 0.381 bits per heavy atom. The minimum absolute atomic E-state index is 0.183. The van der Waals surface area contributed by atoms with Crippen molar-refractivity contribution in [3.8, 4) is 44.9 Å². The standard InChI is InChI=1S/C61H54O2/c1-5-13-44(14-6-1)46-25-21-42(22-26-46)37-56(48-17-9-3-10-18-48)52-29-33-54-50(39-52)31-35-58-60(54)61-55-34-30-53(40-51(55)32-36-59(61)63-41-62-58)57(49-19-11-4-12-20-49)38-43-23-27-47(28-24-43)45-15-7-2-8-16-45/h1-2,5-8,13-16,21-40,48-49H,3-4,9-12,17-20,41H2/b56-37-,57-38-. The monoisotopic (exact) mass is 818 g/mol. The van der Waals surface area contributed by atoms with E-state index in [1.165, 1.54) is 141 Å². The van der Waals surface area contributed by atoms with Gasteiger partial charge in [-0.2, -0.15) is 0 Å². The highest BCUT2D eigenvalue weighted by Gasteiger charge is 2.25. The van der Waals surface area contributed by atoms with Gasteiger partial charge in [-0.1, -0.05) is 196 Å². The molecule has 0 N–H and O–H groups in total. The van der Waals surface area contributed by atoms with Crippen LogP contribution in [0.2, 0.25) is 0 Å². The van der Waals surface area contributed by atoms with E-state index in [2.05, 4.69) is 182 Å². The molecule has 0 bridgehead atoms. The molecule has 0 radical (unpaired) electrons. The molecule has 0 atom stereocenters. The van der Waals surface area contributed by atoms with Crippen LogP contribution in [0.3, 0.4) is 0 Å². The summed E-state index contributed by atoms with van der Waals surface area (Å²) in [5, 5.41) is 4.82. The predicted octanol–water partition coefficient (Wildman–Crippen LogP) is 17.0. The second-order valence-electron chi connectivity index (χ2n) is 18.0. The van der Waals surface area contributed by atoms with Crippen molar-refractivity contribution >= 4 is 44.8 Å². The summed E-state index contributed by atoms with van der Waals surface area (Å²) in [5.74, 6) is 2.83. The topological polar surface area (TPSA) is 18.5 Å². The first kappa shape index (κ1) is 39.2. The first-order valence-electron chi connectivity index (χ1n) is 23.4. The van der Waals surface area contributed by atoms with E-state index in [9.17, 15) is 0 Å². The summed E-state index contributed by atoms with van der Waals surface area (Å²) < 4.78 is 12.8. The highest BCUT2D eigenvalue weighted by atomic mass is 16.7. The Bertz CT molecular complexity index is 2740. The quantitative estimate of drug-likeness (QED) is 0.142. The molecule has 0 amide bonds. The SMILES string of the molecule is C(=C(/c1ccc2c3c(ccc2c1)OCOc1ccc2cc(/C(=C\c4ccc(-c5ccccc5)cc4)C4CCCCC4)ccc2c1-3)C1CCCCC1)/c1ccc(-c2ccccc2)cc1. The number of allylic oxidation sites excluding steroid dienone is 2. The van der Waals surface area contributed by atoms with Gasteiger partial charge in [0.2, 0.25) is 6.79 Å². The van der Waals surface area contributed by atoms with Gasteiger partial charge in [-0.15, -0.1) is 0 Å². The van der Waals surface area contributed by atoms with Crippen molar-refractivity contribution in [2.45, 2.75) is 64.2 Å². The summed E-state index contributed by atoms with van der Waals surface area (Å²) in [6, 6.07) is 62.6. The Labute approximate surface area is 372 Å². The summed E-state index contributed by atoms with van der Waals surface area (Å²) in [7, 11) is 0. The Hall–Kier alpha value is -6.64. The molecule has 1 aliphatic heterocycles. The van der Waals surface area contributed by atoms with Crippen molar-refractivity contribution in [3.63, 3.8) is 0 Å². The van der Waals surface area contributed by atoms with Crippen molar-refractivity contribution in [1.29, 1.82) is 0 Å². The van der Waals surface area contributed by atoms with Crippen LogP contribution >= 0.6 is 0 Å². The number of rotatable bonds is 8. The largest absolute Gasteiger partial charge is 0.457 e. The number of ether oxygens (including phenoxy) is 2. The van der Waals surface area contributed by atoms with Crippen LogP contribution in [0.1, 0.15) is 86.5 Å². The molecule has 0 spiro atoms. The van der Waals surface area contributed by atoms with E-state index in [1.54, 1.807) is 0 Å². The van der Waals surface area contributed by atoms with Crippen LogP contribution in [-0.4, -0.2) is 6.79 Å². The van der Waals surface area contributed by atoms with E-state index in [-0.39, 0.29) is 6.79 Å². The molecule has 1 heterocycles. The van der Waals surface area contributed by atoms with Crippen LogP contribution in [0, 0.1) is 11.8 Å². The average Bonchev–Trinajstić information content (AvgIpc) is 3.56. The van der Waals surface area contributed by atoms with Gasteiger partial charge in [0.15, 0.2) is 0 Å². The van der Waals surface area contributed by atoms with Gasteiger partial charge in [-0.25, -0.2) is 0 Å². The van der Waals surface area contributed by atoms with E-state index in [0.29, 0.717) is 11.8 Å². The van der Waals surface area contributed by atoms with Gasteiger partial charge >= 0.3 is 0 Å². The summed E-state index contributed by atoms with van der Waals surface area (Å²) in [6.07, 6.45) is 17.7. The summed E-state index contributed by atoms with van der Waals surface area (Å²) in [5.41, 5.74) is 15.3. The van der Waals surface area contributed by atoms with Gasteiger partial charge in [-0.3, -0.25) is 0 Å².